The molecular formula is C16H27NO3. The second-order valence-electron chi connectivity index (χ2n) is 6.34. The summed E-state index contributed by atoms with van der Waals surface area (Å²) in [6.07, 6.45) is 8.66. The molecule has 0 aromatic heterocycles. The minimum Gasteiger partial charge on any atom is -0.481 e. The van der Waals surface area contributed by atoms with E-state index >= 15 is 0 Å². The Balaban J connectivity index is 2.02. The van der Waals surface area contributed by atoms with E-state index in [-0.39, 0.29) is 17.7 Å². The van der Waals surface area contributed by atoms with E-state index in [4.69, 9.17) is 5.11 Å². The van der Waals surface area contributed by atoms with Crippen LogP contribution in [-0.4, -0.2) is 34.5 Å². The Labute approximate surface area is 121 Å². The minimum atomic E-state index is -0.731. The molecular weight excluding hydrogens is 254 g/mol. The van der Waals surface area contributed by atoms with Crippen LogP contribution in [0.2, 0.25) is 0 Å². The van der Waals surface area contributed by atoms with E-state index < -0.39 is 5.97 Å². The predicted molar refractivity (Wildman–Crippen MR) is 77.3 cm³/mol. The third-order valence-corrected chi connectivity index (χ3v) is 5.00. The van der Waals surface area contributed by atoms with Crippen molar-refractivity contribution in [1.82, 2.24) is 4.90 Å². The topological polar surface area (TPSA) is 57.6 Å². The van der Waals surface area contributed by atoms with Gasteiger partial charge in [0.2, 0.25) is 5.91 Å². The highest BCUT2D eigenvalue weighted by Crippen LogP contribution is 2.32. The van der Waals surface area contributed by atoms with Gasteiger partial charge in [0.15, 0.2) is 0 Å². The van der Waals surface area contributed by atoms with E-state index in [0.29, 0.717) is 12.5 Å². The molecule has 2 fully saturated rings. The molecule has 1 saturated heterocycles. The van der Waals surface area contributed by atoms with Crippen molar-refractivity contribution in [1.29, 1.82) is 0 Å². The summed E-state index contributed by atoms with van der Waals surface area (Å²) in [5, 5.41) is 9.17. The summed E-state index contributed by atoms with van der Waals surface area (Å²) in [6.45, 7) is 3.02. The average molecular weight is 281 g/mol. The van der Waals surface area contributed by atoms with Crippen LogP contribution in [0.1, 0.15) is 64.7 Å². The fourth-order valence-corrected chi connectivity index (χ4v) is 3.76. The molecule has 1 amide bonds. The molecule has 4 nitrogen and oxygen atoms in total. The molecule has 1 N–H and O–H groups in total. The van der Waals surface area contributed by atoms with E-state index in [1.54, 1.807) is 0 Å². The van der Waals surface area contributed by atoms with Crippen molar-refractivity contribution in [3.63, 3.8) is 0 Å². The van der Waals surface area contributed by atoms with Crippen LogP contribution in [0, 0.1) is 11.8 Å². The van der Waals surface area contributed by atoms with Crippen LogP contribution >= 0.6 is 0 Å². The molecule has 20 heavy (non-hydrogen) atoms. The van der Waals surface area contributed by atoms with Crippen LogP contribution in [-0.2, 0) is 9.59 Å². The van der Waals surface area contributed by atoms with Crippen LogP contribution in [0.25, 0.3) is 0 Å². The Morgan fingerprint density at radius 3 is 2.50 bits per heavy atom. The molecule has 4 heteroatoms. The van der Waals surface area contributed by atoms with Crippen LogP contribution in [0.15, 0.2) is 0 Å². The van der Waals surface area contributed by atoms with Gasteiger partial charge < -0.3 is 10.0 Å². The Morgan fingerprint density at radius 1 is 1.05 bits per heavy atom. The Hall–Kier alpha value is -1.06. The van der Waals surface area contributed by atoms with Gasteiger partial charge in [-0.3, -0.25) is 9.59 Å². The van der Waals surface area contributed by atoms with Crippen molar-refractivity contribution in [3.05, 3.63) is 0 Å². The Bertz CT molecular complexity index is 356. The molecule has 1 saturated carbocycles. The summed E-state index contributed by atoms with van der Waals surface area (Å²) in [5.74, 6) is -0.878. The number of carbonyl (C=O) groups is 2. The lowest BCUT2D eigenvalue weighted by molar-refractivity contribution is -0.146. The van der Waals surface area contributed by atoms with Gasteiger partial charge in [0, 0.05) is 18.5 Å². The fraction of sp³-hybridized carbons (Fsp3) is 0.875. The zero-order valence-electron chi connectivity index (χ0n) is 12.5. The van der Waals surface area contributed by atoms with Crippen molar-refractivity contribution in [2.45, 2.75) is 70.8 Å². The molecule has 2 rings (SSSR count). The summed E-state index contributed by atoms with van der Waals surface area (Å²) in [4.78, 5) is 26.0. The summed E-state index contributed by atoms with van der Waals surface area (Å²) in [6, 6.07) is 0.371. The standard InChI is InChI=1S/C16H27NO3/c1-2-14-9-4-3-5-10-17(14)15(18)12-7-6-8-13(11-12)16(19)20/h12-14H,2-11H2,1H3,(H,19,20). The smallest absolute Gasteiger partial charge is 0.306 e. The fourth-order valence-electron chi connectivity index (χ4n) is 3.76. The lowest BCUT2D eigenvalue weighted by Gasteiger charge is -2.35. The van der Waals surface area contributed by atoms with Gasteiger partial charge in [-0.25, -0.2) is 0 Å². The van der Waals surface area contributed by atoms with Crippen molar-refractivity contribution < 1.29 is 14.7 Å². The summed E-state index contributed by atoms with van der Waals surface area (Å²) < 4.78 is 0. The third-order valence-electron chi connectivity index (χ3n) is 5.00. The van der Waals surface area contributed by atoms with Gasteiger partial charge in [0.1, 0.15) is 0 Å². The highest BCUT2D eigenvalue weighted by atomic mass is 16.4. The Kier molecular flexibility index (Phi) is 5.44. The van der Waals surface area contributed by atoms with Crippen LogP contribution in [0.3, 0.4) is 0 Å². The number of carboxylic acid groups (broad SMARTS) is 1. The number of amides is 1. The van der Waals surface area contributed by atoms with E-state index in [1.165, 1.54) is 12.8 Å². The largest absolute Gasteiger partial charge is 0.481 e. The number of nitrogens with zero attached hydrogens (tertiary/aromatic N) is 1. The first-order valence-electron chi connectivity index (χ1n) is 8.16. The molecule has 1 aliphatic heterocycles. The Morgan fingerprint density at radius 2 is 1.80 bits per heavy atom. The quantitative estimate of drug-likeness (QED) is 0.865. The van der Waals surface area contributed by atoms with E-state index in [1.807, 2.05) is 0 Å². The number of rotatable bonds is 3. The minimum absolute atomic E-state index is 0.0583. The second kappa shape index (κ2) is 7.09. The number of hydrogen-bond acceptors (Lipinski definition) is 2. The zero-order valence-corrected chi connectivity index (χ0v) is 12.5. The maximum atomic E-state index is 12.8. The number of likely N-dealkylation sites (tertiary alicyclic amines) is 1. The lowest BCUT2D eigenvalue weighted by Crippen LogP contribution is -2.44. The number of carboxylic acids is 1. The molecule has 0 bridgehead atoms. The molecule has 0 aromatic carbocycles. The molecule has 3 unspecified atom stereocenters. The van der Waals surface area contributed by atoms with E-state index in [0.717, 1.165) is 45.1 Å². The van der Waals surface area contributed by atoms with E-state index in [9.17, 15) is 9.59 Å². The molecule has 2 aliphatic rings. The first-order valence-corrected chi connectivity index (χ1v) is 8.16. The average Bonchev–Trinajstić information content (AvgIpc) is 2.71. The summed E-state index contributed by atoms with van der Waals surface area (Å²) >= 11 is 0. The van der Waals surface area contributed by atoms with Crippen molar-refractivity contribution in [2.24, 2.45) is 11.8 Å². The van der Waals surface area contributed by atoms with Crippen LogP contribution < -0.4 is 0 Å². The highest BCUT2D eigenvalue weighted by Gasteiger charge is 2.35. The first-order chi connectivity index (χ1) is 9.63. The summed E-state index contributed by atoms with van der Waals surface area (Å²) in [5.41, 5.74) is 0. The van der Waals surface area contributed by atoms with Gasteiger partial charge in [-0.15, -0.1) is 0 Å². The highest BCUT2D eigenvalue weighted by molar-refractivity contribution is 5.80. The van der Waals surface area contributed by atoms with E-state index in [2.05, 4.69) is 11.8 Å². The van der Waals surface area contributed by atoms with Crippen LogP contribution in [0.5, 0.6) is 0 Å². The third kappa shape index (κ3) is 3.53. The van der Waals surface area contributed by atoms with Gasteiger partial charge in [0.05, 0.1) is 5.92 Å². The van der Waals surface area contributed by atoms with Crippen molar-refractivity contribution >= 4 is 11.9 Å². The molecule has 0 spiro atoms. The molecule has 114 valence electrons. The monoisotopic (exact) mass is 281 g/mol. The second-order valence-corrected chi connectivity index (χ2v) is 6.34. The van der Waals surface area contributed by atoms with Crippen molar-refractivity contribution in [3.8, 4) is 0 Å². The van der Waals surface area contributed by atoms with Gasteiger partial charge >= 0.3 is 5.97 Å². The summed E-state index contributed by atoms with van der Waals surface area (Å²) in [7, 11) is 0. The molecule has 3 atom stereocenters. The normalized spacial score (nSPS) is 31.6. The van der Waals surface area contributed by atoms with Gasteiger partial charge in [0.25, 0.3) is 0 Å². The number of hydrogen-bond donors (Lipinski definition) is 1. The predicted octanol–water partition coefficient (Wildman–Crippen LogP) is 3.06. The van der Waals surface area contributed by atoms with Gasteiger partial charge in [-0.2, -0.15) is 0 Å². The van der Waals surface area contributed by atoms with Crippen LogP contribution in [0.4, 0.5) is 0 Å². The zero-order chi connectivity index (χ0) is 14.5. The SMILES string of the molecule is CCC1CCCCCN1C(=O)C1CCCC(C(=O)O)C1. The van der Waals surface area contributed by atoms with Gasteiger partial charge in [-0.1, -0.05) is 26.2 Å². The molecule has 1 aliphatic carbocycles. The molecule has 1 heterocycles. The number of carbonyl (C=O) groups excluding carboxylic acids is 1. The maximum Gasteiger partial charge on any atom is 0.306 e. The molecule has 0 aromatic rings. The van der Waals surface area contributed by atoms with Crippen molar-refractivity contribution in [2.75, 3.05) is 6.54 Å². The number of aliphatic carboxylic acids is 1. The first kappa shape index (κ1) is 15.3. The van der Waals surface area contributed by atoms with Gasteiger partial charge in [-0.05, 0) is 38.5 Å². The lowest BCUT2D eigenvalue weighted by atomic mass is 9.80. The molecule has 0 radical (unpaired) electrons. The maximum absolute atomic E-state index is 12.8.